The zero-order chi connectivity index (χ0) is 24.0. The number of carbonyl (C=O) groups is 1. The van der Waals surface area contributed by atoms with E-state index < -0.39 is 28.3 Å². The van der Waals surface area contributed by atoms with E-state index in [-0.39, 0.29) is 16.5 Å². The molecule has 0 spiro atoms. The molecule has 0 aromatic heterocycles. The zero-order valence-electron chi connectivity index (χ0n) is 17.5. The summed E-state index contributed by atoms with van der Waals surface area (Å²) in [6.45, 7) is 1.16. The van der Waals surface area contributed by atoms with Crippen LogP contribution in [0.15, 0.2) is 76.7 Å². The summed E-state index contributed by atoms with van der Waals surface area (Å²) in [5.74, 6) is -1.12. The van der Waals surface area contributed by atoms with Gasteiger partial charge in [-0.05, 0) is 54.4 Å². The maximum absolute atomic E-state index is 13.3. The van der Waals surface area contributed by atoms with Crippen LogP contribution >= 0.6 is 23.2 Å². The normalized spacial score (nSPS) is 11.8. The van der Waals surface area contributed by atoms with E-state index >= 15 is 0 Å². The van der Waals surface area contributed by atoms with E-state index in [1.165, 1.54) is 42.6 Å². The van der Waals surface area contributed by atoms with Crippen molar-refractivity contribution < 1.29 is 17.6 Å². The molecule has 6 nitrogen and oxygen atoms in total. The molecule has 33 heavy (non-hydrogen) atoms. The lowest BCUT2D eigenvalue weighted by molar-refractivity contribution is -0.121. The van der Waals surface area contributed by atoms with Crippen LogP contribution in [-0.4, -0.2) is 31.4 Å². The Balaban J connectivity index is 1.82. The molecule has 0 saturated heterocycles. The molecular weight excluding hydrogens is 488 g/mol. The Morgan fingerprint density at radius 3 is 2.48 bits per heavy atom. The van der Waals surface area contributed by atoms with Gasteiger partial charge in [0, 0.05) is 16.6 Å². The van der Waals surface area contributed by atoms with Gasteiger partial charge < -0.3 is 0 Å². The first kappa shape index (κ1) is 24.9. The van der Waals surface area contributed by atoms with Gasteiger partial charge >= 0.3 is 0 Å². The maximum atomic E-state index is 13.3. The molecule has 0 atom stereocenters. The fourth-order valence-electron chi connectivity index (χ4n) is 2.89. The average Bonchev–Trinajstić information content (AvgIpc) is 2.75. The van der Waals surface area contributed by atoms with Gasteiger partial charge in [-0.25, -0.2) is 18.2 Å². The van der Waals surface area contributed by atoms with Crippen LogP contribution in [0.3, 0.4) is 0 Å². The number of nitrogens with one attached hydrogen (secondary N) is 1. The van der Waals surface area contributed by atoms with Gasteiger partial charge in [0.25, 0.3) is 5.91 Å². The molecular formula is C23H20Cl2FN3O3S. The number of hydrogen-bond acceptors (Lipinski definition) is 4. The van der Waals surface area contributed by atoms with Crippen molar-refractivity contribution in [2.45, 2.75) is 18.4 Å². The molecule has 0 fully saturated rings. The third kappa shape index (κ3) is 6.85. The van der Waals surface area contributed by atoms with E-state index in [1.807, 2.05) is 6.92 Å². The number of hydrogen-bond donors (Lipinski definition) is 1. The SMILES string of the molecule is Cc1ccc(S(=O)(=O)N(CC(=O)N/N=C\c2cccc(F)c2)Cc2ccc(Cl)cc2Cl)cc1. The Morgan fingerprint density at radius 1 is 1.09 bits per heavy atom. The van der Waals surface area contributed by atoms with Gasteiger partial charge in [0.05, 0.1) is 17.7 Å². The number of halogens is 3. The molecule has 0 saturated carbocycles. The van der Waals surface area contributed by atoms with E-state index in [9.17, 15) is 17.6 Å². The second-order valence-electron chi connectivity index (χ2n) is 7.17. The third-order valence-electron chi connectivity index (χ3n) is 4.59. The highest BCUT2D eigenvalue weighted by Crippen LogP contribution is 2.25. The third-order valence-corrected chi connectivity index (χ3v) is 6.98. The number of rotatable bonds is 8. The number of amides is 1. The van der Waals surface area contributed by atoms with Crippen molar-refractivity contribution in [1.29, 1.82) is 0 Å². The van der Waals surface area contributed by atoms with Crippen molar-refractivity contribution in [1.82, 2.24) is 9.73 Å². The Morgan fingerprint density at radius 2 is 1.82 bits per heavy atom. The van der Waals surface area contributed by atoms with Crippen molar-refractivity contribution in [2.24, 2.45) is 5.10 Å². The molecule has 0 aliphatic heterocycles. The zero-order valence-corrected chi connectivity index (χ0v) is 19.8. The van der Waals surface area contributed by atoms with E-state index in [4.69, 9.17) is 23.2 Å². The van der Waals surface area contributed by atoms with Gasteiger partial charge in [0.1, 0.15) is 5.82 Å². The monoisotopic (exact) mass is 507 g/mol. The summed E-state index contributed by atoms with van der Waals surface area (Å²) in [5.41, 5.74) is 4.08. The Bertz CT molecular complexity index is 1280. The molecule has 0 unspecified atom stereocenters. The Labute approximate surface area is 201 Å². The number of benzene rings is 3. The van der Waals surface area contributed by atoms with E-state index in [2.05, 4.69) is 10.5 Å². The number of aryl methyl sites for hydroxylation is 1. The summed E-state index contributed by atoms with van der Waals surface area (Å²) in [6, 6.07) is 16.6. The van der Waals surface area contributed by atoms with E-state index in [1.54, 1.807) is 30.3 Å². The van der Waals surface area contributed by atoms with Gasteiger partial charge in [-0.2, -0.15) is 9.41 Å². The molecule has 3 aromatic carbocycles. The van der Waals surface area contributed by atoms with Crippen molar-refractivity contribution in [3.05, 3.63) is 99.3 Å². The molecule has 3 aromatic rings. The van der Waals surface area contributed by atoms with Crippen LogP contribution in [0.5, 0.6) is 0 Å². The van der Waals surface area contributed by atoms with Crippen molar-refractivity contribution in [3.8, 4) is 0 Å². The standard InChI is InChI=1S/C23H20Cl2FN3O3S/c1-16-5-9-21(10-6-16)33(31,32)29(14-18-7-8-19(24)12-22(18)25)15-23(30)28-27-13-17-3-2-4-20(26)11-17/h2-13H,14-15H2,1H3,(H,28,30)/b27-13-. The van der Waals surface area contributed by atoms with E-state index in [0.717, 1.165) is 9.87 Å². The number of hydrazone groups is 1. The number of sulfonamides is 1. The minimum absolute atomic E-state index is 0.0363. The topological polar surface area (TPSA) is 78.8 Å². The minimum atomic E-state index is -4.04. The average molecular weight is 508 g/mol. The fraction of sp³-hybridized carbons (Fsp3) is 0.130. The summed E-state index contributed by atoms with van der Waals surface area (Å²) < 4.78 is 40.8. The molecule has 0 aliphatic rings. The second kappa shape index (κ2) is 10.9. The van der Waals surface area contributed by atoms with Gasteiger partial charge in [-0.1, -0.05) is 59.1 Å². The molecule has 0 radical (unpaired) electrons. The van der Waals surface area contributed by atoms with Gasteiger partial charge in [-0.15, -0.1) is 0 Å². The first-order chi connectivity index (χ1) is 15.6. The minimum Gasteiger partial charge on any atom is -0.272 e. The lowest BCUT2D eigenvalue weighted by atomic mass is 10.2. The van der Waals surface area contributed by atoms with Gasteiger partial charge in [0.2, 0.25) is 10.0 Å². The number of carbonyl (C=O) groups excluding carboxylic acids is 1. The summed E-state index contributed by atoms with van der Waals surface area (Å²) >= 11 is 12.2. The highest BCUT2D eigenvalue weighted by molar-refractivity contribution is 7.89. The molecule has 172 valence electrons. The molecule has 3 rings (SSSR count). The smallest absolute Gasteiger partial charge is 0.255 e. The van der Waals surface area contributed by atoms with Crippen molar-refractivity contribution in [3.63, 3.8) is 0 Å². The van der Waals surface area contributed by atoms with Crippen LogP contribution < -0.4 is 5.43 Å². The molecule has 1 N–H and O–H groups in total. The molecule has 0 heterocycles. The predicted octanol–water partition coefficient (Wildman–Crippen LogP) is 4.78. The first-order valence-corrected chi connectivity index (χ1v) is 11.9. The predicted molar refractivity (Wildman–Crippen MR) is 127 cm³/mol. The van der Waals surface area contributed by atoms with Crippen LogP contribution in [0, 0.1) is 12.7 Å². The van der Waals surface area contributed by atoms with Gasteiger partial charge in [-0.3, -0.25) is 4.79 Å². The Kier molecular flexibility index (Phi) is 8.20. The quantitative estimate of drug-likeness (QED) is 0.351. The Hall–Kier alpha value is -2.78. The van der Waals surface area contributed by atoms with Crippen LogP contribution in [0.1, 0.15) is 16.7 Å². The van der Waals surface area contributed by atoms with E-state index in [0.29, 0.717) is 16.1 Å². The lowest BCUT2D eigenvalue weighted by Gasteiger charge is -2.22. The largest absolute Gasteiger partial charge is 0.272 e. The second-order valence-corrected chi connectivity index (χ2v) is 9.95. The van der Waals surface area contributed by atoms with Crippen LogP contribution in [-0.2, 0) is 21.4 Å². The summed E-state index contributed by atoms with van der Waals surface area (Å²) in [7, 11) is -4.04. The lowest BCUT2D eigenvalue weighted by Crippen LogP contribution is -2.39. The molecule has 0 aliphatic carbocycles. The maximum Gasteiger partial charge on any atom is 0.255 e. The van der Waals surface area contributed by atoms with Crippen LogP contribution in [0.4, 0.5) is 4.39 Å². The van der Waals surface area contributed by atoms with Crippen molar-refractivity contribution >= 4 is 45.3 Å². The summed E-state index contributed by atoms with van der Waals surface area (Å²) in [6.07, 6.45) is 1.26. The summed E-state index contributed by atoms with van der Waals surface area (Å²) in [4.78, 5) is 12.5. The number of nitrogens with zero attached hydrogens (tertiary/aromatic N) is 2. The molecule has 1 amide bonds. The molecule has 0 bridgehead atoms. The summed E-state index contributed by atoms with van der Waals surface area (Å²) in [5, 5.41) is 4.46. The highest BCUT2D eigenvalue weighted by atomic mass is 35.5. The highest BCUT2D eigenvalue weighted by Gasteiger charge is 2.27. The fourth-order valence-corrected chi connectivity index (χ4v) is 4.73. The van der Waals surface area contributed by atoms with Crippen molar-refractivity contribution in [2.75, 3.05) is 6.54 Å². The first-order valence-electron chi connectivity index (χ1n) is 9.73. The van der Waals surface area contributed by atoms with Crippen LogP contribution in [0.25, 0.3) is 0 Å². The van der Waals surface area contributed by atoms with Gasteiger partial charge in [0.15, 0.2) is 0 Å². The van der Waals surface area contributed by atoms with Crippen LogP contribution in [0.2, 0.25) is 10.0 Å². The molecule has 10 heteroatoms.